The number of rotatable bonds is 9. The zero-order chi connectivity index (χ0) is 28.2. The maximum absolute atomic E-state index is 13.2. The SMILES string of the molecule is CCCC1CN(C(=O)[C@H](N)Cc2ccc(C)cc2C)CCN1C(=O)CCc1ccc(C)cc1C.NCCN. The van der Waals surface area contributed by atoms with E-state index in [9.17, 15) is 9.59 Å². The van der Waals surface area contributed by atoms with Crippen molar-refractivity contribution in [2.75, 3.05) is 32.7 Å². The van der Waals surface area contributed by atoms with E-state index in [0.717, 1.165) is 24.8 Å². The Bertz CT molecular complexity index is 1050. The third kappa shape index (κ3) is 9.22. The molecule has 2 aromatic carbocycles. The van der Waals surface area contributed by atoms with Gasteiger partial charge in [0.2, 0.25) is 11.8 Å². The summed E-state index contributed by atoms with van der Waals surface area (Å²) in [4.78, 5) is 30.2. The molecule has 1 unspecified atom stereocenters. The highest BCUT2D eigenvalue weighted by Gasteiger charge is 2.33. The Morgan fingerprint density at radius 3 is 2.03 bits per heavy atom. The molecule has 1 fully saturated rings. The lowest BCUT2D eigenvalue weighted by Gasteiger charge is -2.42. The molecule has 1 aliphatic heterocycles. The minimum absolute atomic E-state index is 0.0107. The molecule has 38 heavy (non-hydrogen) atoms. The van der Waals surface area contributed by atoms with Gasteiger partial charge < -0.3 is 27.0 Å². The highest BCUT2D eigenvalue weighted by molar-refractivity contribution is 5.83. The minimum atomic E-state index is -0.560. The predicted octanol–water partition coefficient (Wildman–Crippen LogP) is 3.17. The highest BCUT2D eigenvalue weighted by Crippen LogP contribution is 2.20. The van der Waals surface area contributed by atoms with Crippen molar-refractivity contribution in [3.05, 3.63) is 69.8 Å². The van der Waals surface area contributed by atoms with Crippen molar-refractivity contribution in [2.45, 2.75) is 78.8 Å². The second kappa shape index (κ2) is 15.6. The number of nitrogens with zero attached hydrogens (tertiary/aromatic N) is 2. The molecule has 3 rings (SSSR count). The minimum Gasteiger partial charge on any atom is -0.338 e. The van der Waals surface area contributed by atoms with Gasteiger partial charge in [-0.1, -0.05) is 60.9 Å². The van der Waals surface area contributed by atoms with Gasteiger partial charge >= 0.3 is 0 Å². The fraction of sp³-hybridized carbons (Fsp3) is 0.548. The molecule has 0 spiro atoms. The van der Waals surface area contributed by atoms with Crippen LogP contribution in [0.1, 0.15) is 59.6 Å². The van der Waals surface area contributed by atoms with E-state index in [2.05, 4.69) is 71.0 Å². The van der Waals surface area contributed by atoms with Gasteiger partial charge in [0.15, 0.2) is 0 Å². The highest BCUT2D eigenvalue weighted by atomic mass is 16.2. The summed E-state index contributed by atoms with van der Waals surface area (Å²) in [6, 6.07) is 12.2. The van der Waals surface area contributed by atoms with Gasteiger partial charge in [0.05, 0.1) is 6.04 Å². The van der Waals surface area contributed by atoms with Gasteiger partial charge in [-0.05, 0) is 69.2 Å². The van der Waals surface area contributed by atoms with Crippen LogP contribution >= 0.6 is 0 Å². The summed E-state index contributed by atoms with van der Waals surface area (Å²) in [6.07, 6.45) is 3.67. The molecule has 6 N–H and O–H groups in total. The van der Waals surface area contributed by atoms with Gasteiger partial charge in [-0.15, -0.1) is 0 Å². The molecular weight excluding hydrogens is 474 g/mol. The van der Waals surface area contributed by atoms with Crippen LogP contribution in [0.4, 0.5) is 0 Å². The van der Waals surface area contributed by atoms with E-state index in [-0.39, 0.29) is 17.9 Å². The molecular formula is C31H49N5O2. The summed E-state index contributed by atoms with van der Waals surface area (Å²) in [7, 11) is 0. The second-order valence-electron chi connectivity index (χ2n) is 10.6. The summed E-state index contributed by atoms with van der Waals surface area (Å²) in [5.41, 5.74) is 23.4. The molecule has 2 atom stereocenters. The van der Waals surface area contributed by atoms with Gasteiger partial charge in [0.25, 0.3) is 0 Å². The van der Waals surface area contributed by atoms with Crippen LogP contribution in [0.15, 0.2) is 36.4 Å². The maximum atomic E-state index is 13.2. The number of piperazine rings is 1. The van der Waals surface area contributed by atoms with E-state index >= 15 is 0 Å². The first-order valence-electron chi connectivity index (χ1n) is 14.0. The standard InChI is InChI=1S/C29H41N3O2.C2H8N2/c1-6-7-26-19-31(29(34)27(30)18-25-11-9-21(3)17-23(25)5)14-15-32(26)28(33)13-12-24-10-8-20(2)16-22(24)4;3-1-2-4/h8-11,16-17,26-27H,6-7,12-15,18-19,30H2,1-5H3;1-4H2/t26?,27-;/m1./s1. The van der Waals surface area contributed by atoms with E-state index in [0.29, 0.717) is 45.6 Å². The Hall–Kier alpha value is -2.74. The number of carbonyl (C=O) groups is 2. The van der Waals surface area contributed by atoms with E-state index < -0.39 is 6.04 Å². The van der Waals surface area contributed by atoms with Crippen molar-refractivity contribution >= 4 is 11.8 Å². The fourth-order valence-corrected chi connectivity index (χ4v) is 5.11. The summed E-state index contributed by atoms with van der Waals surface area (Å²) >= 11 is 0. The molecule has 1 saturated heterocycles. The number of nitrogens with two attached hydrogens (primary N) is 3. The average molecular weight is 524 g/mol. The number of hydrogen-bond acceptors (Lipinski definition) is 5. The lowest BCUT2D eigenvalue weighted by Crippen LogP contribution is -2.59. The van der Waals surface area contributed by atoms with Crippen LogP contribution in [0.3, 0.4) is 0 Å². The topological polar surface area (TPSA) is 119 Å². The molecule has 0 aliphatic carbocycles. The third-order valence-electron chi connectivity index (χ3n) is 7.26. The number of benzene rings is 2. The normalized spacial score (nSPS) is 16.1. The van der Waals surface area contributed by atoms with Gasteiger partial charge in [0.1, 0.15) is 0 Å². The number of aryl methyl sites for hydroxylation is 5. The van der Waals surface area contributed by atoms with Crippen LogP contribution in [0.25, 0.3) is 0 Å². The zero-order valence-electron chi connectivity index (χ0n) is 24.1. The van der Waals surface area contributed by atoms with Crippen molar-refractivity contribution in [3.8, 4) is 0 Å². The molecule has 1 aliphatic rings. The quantitative estimate of drug-likeness (QED) is 0.467. The van der Waals surface area contributed by atoms with Crippen LogP contribution in [-0.2, 0) is 22.4 Å². The molecule has 0 radical (unpaired) electrons. The van der Waals surface area contributed by atoms with Crippen molar-refractivity contribution in [1.82, 2.24) is 9.80 Å². The maximum Gasteiger partial charge on any atom is 0.239 e. The van der Waals surface area contributed by atoms with Crippen LogP contribution in [0, 0.1) is 27.7 Å². The van der Waals surface area contributed by atoms with Gasteiger partial charge in [-0.25, -0.2) is 0 Å². The Morgan fingerprint density at radius 1 is 0.921 bits per heavy atom. The Labute approximate surface area is 229 Å². The van der Waals surface area contributed by atoms with E-state index in [4.69, 9.17) is 17.2 Å². The average Bonchev–Trinajstić information content (AvgIpc) is 2.89. The van der Waals surface area contributed by atoms with E-state index in [1.807, 2.05) is 9.80 Å². The Morgan fingerprint density at radius 2 is 1.50 bits per heavy atom. The second-order valence-corrected chi connectivity index (χ2v) is 10.6. The Balaban J connectivity index is 0.00000118. The number of amides is 2. The monoisotopic (exact) mass is 523 g/mol. The van der Waals surface area contributed by atoms with Crippen LogP contribution in [-0.4, -0.2) is 66.4 Å². The summed E-state index contributed by atoms with van der Waals surface area (Å²) in [6.45, 7) is 13.4. The van der Waals surface area contributed by atoms with Gasteiger partial charge in [-0.2, -0.15) is 0 Å². The van der Waals surface area contributed by atoms with Crippen molar-refractivity contribution in [2.24, 2.45) is 17.2 Å². The number of carbonyl (C=O) groups excluding carboxylic acids is 2. The summed E-state index contributed by atoms with van der Waals surface area (Å²) < 4.78 is 0. The van der Waals surface area contributed by atoms with Crippen LogP contribution in [0.5, 0.6) is 0 Å². The van der Waals surface area contributed by atoms with Crippen molar-refractivity contribution < 1.29 is 9.59 Å². The molecule has 2 aromatic rings. The summed E-state index contributed by atoms with van der Waals surface area (Å²) in [5, 5.41) is 0. The first-order chi connectivity index (χ1) is 18.1. The first-order valence-corrected chi connectivity index (χ1v) is 14.0. The molecule has 210 valence electrons. The van der Waals surface area contributed by atoms with Crippen molar-refractivity contribution in [3.63, 3.8) is 0 Å². The van der Waals surface area contributed by atoms with E-state index in [1.54, 1.807) is 0 Å². The smallest absolute Gasteiger partial charge is 0.239 e. The molecule has 0 bridgehead atoms. The third-order valence-corrected chi connectivity index (χ3v) is 7.26. The largest absolute Gasteiger partial charge is 0.338 e. The van der Waals surface area contributed by atoms with Crippen molar-refractivity contribution in [1.29, 1.82) is 0 Å². The van der Waals surface area contributed by atoms with Crippen LogP contribution < -0.4 is 17.2 Å². The van der Waals surface area contributed by atoms with Gasteiger partial charge in [0, 0.05) is 45.2 Å². The first kappa shape index (κ1) is 31.5. The Kier molecular flexibility index (Phi) is 12.9. The lowest BCUT2D eigenvalue weighted by atomic mass is 9.98. The number of hydrogen-bond donors (Lipinski definition) is 3. The lowest BCUT2D eigenvalue weighted by molar-refractivity contribution is -0.143. The predicted molar refractivity (Wildman–Crippen MR) is 157 cm³/mol. The fourth-order valence-electron chi connectivity index (χ4n) is 5.11. The summed E-state index contributed by atoms with van der Waals surface area (Å²) in [5.74, 6) is 0.175. The molecule has 0 aromatic heterocycles. The molecule has 7 heteroatoms. The molecule has 0 saturated carbocycles. The molecule has 7 nitrogen and oxygen atoms in total. The van der Waals surface area contributed by atoms with E-state index in [1.165, 1.54) is 27.8 Å². The van der Waals surface area contributed by atoms with Crippen LogP contribution in [0.2, 0.25) is 0 Å². The zero-order valence-corrected chi connectivity index (χ0v) is 24.1. The molecule has 2 amide bonds. The van der Waals surface area contributed by atoms with Gasteiger partial charge in [-0.3, -0.25) is 9.59 Å². The molecule has 1 heterocycles.